The van der Waals surface area contributed by atoms with Crippen LogP contribution in [0.5, 0.6) is 0 Å². The Morgan fingerprint density at radius 1 is 0.439 bits per heavy atom. The van der Waals surface area contributed by atoms with E-state index in [0.29, 0.717) is 72.0 Å². The molecule has 2 aliphatic heterocycles. The van der Waals surface area contributed by atoms with Crippen LogP contribution in [0.15, 0.2) is 131 Å². The Bertz CT molecular complexity index is 2740. The number of hydrogen-bond acceptors (Lipinski definition) is 10. The number of nitrogens with zero attached hydrogens (tertiary/aromatic N) is 2. The lowest BCUT2D eigenvalue weighted by Gasteiger charge is -2.32. The van der Waals surface area contributed by atoms with Crippen LogP contribution in [0.1, 0.15) is 87.7 Å². The van der Waals surface area contributed by atoms with E-state index in [9.17, 15) is 36.0 Å². The summed E-state index contributed by atoms with van der Waals surface area (Å²) in [5.41, 5.74) is 8.16. The van der Waals surface area contributed by atoms with E-state index in [0.717, 1.165) is 11.1 Å². The highest BCUT2D eigenvalue weighted by Gasteiger charge is 2.39. The second-order valence-corrected chi connectivity index (χ2v) is 18.9. The number of imide groups is 2. The van der Waals surface area contributed by atoms with Crippen LogP contribution in [0.2, 0.25) is 0 Å². The summed E-state index contributed by atoms with van der Waals surface area (Å²) in [5.74, 6) is -1.58. The van der Waals surface area contributed by atoms with Gasteiger partial charge in [0.1, 0.15) is 0 Å². The number of aryl methyl sites for hydroxylation is 4. The second-order valence-electron chi connectivity index (χ2n) is 16.1. The fourth-order valence-corrected chi connectivity index (χ4v) is 8.55. The summed E-state index contributed by atoms with van der Waals surface area (Å²) in [7, 11) is -8.04. The lowest BCUT2D eigenvalue weighted by molar-refractivity contribution is 0.0587. The first kappa shape index (κ1) is 49.0. The molecule has 16 heteroatoms. The van der Waals surface area contributed by atoms with Gasteiger partial charge in [-0.15, -0.1) is 0 Å². The number of amides is 4. The van der Waals surface area contributed by atoms with Crippen LogP contribution < -0.4 is 10.6 Å². The number of carbonyl (C=O) groups excluding carboxylic acids is 4. The van der Waals surface area contributed by atoms with Gasteiger partial charge in [0.2, 0.25) is 0 Å². The van der Waals surface area contributed by atoms with Gasteiger partial charge in [-0.1, -0.05) is 83.9 Å². The number of carbonyl (C=O) groups is 4. The first-order chi connectivity index (χ1) is 31.4. The lowest BCUT2D eigenvalue weighted by Crippen LogP contribution is -2.44. The second kappa shape index (κ2) is 21.3. The van der Waals surface area contributed by atoms with Gasteiger partial charge in [-0.2, -0.15) is 16.8 Å². The van der Waals surface area contributed by atoms with Crippen molar-refractivity contribution in [3.8, 4) is 0 Å². The highest BCUT2D eigenvalue weighted by Crippen LogP contribution is 2.38. The van der Waals surface area contributed by atoms with Crippen LogP contribution in [0.25, 0.3) is 10.8 Å². The number of nitrogens with one attached hydrogen (secondary N) is 2. The Kier molecular flexibility index (Phi) is 15.8. The van der Waals surface area contributed by atoms with Crippen LogP contribution in [0.3, 0.4) is 0 Å². The maximum Gasteiger partial charge on any atom is 0.294 e. The van der Waals surface area contributed by atoms with Gasteiger partial charge in [0.25, 0.3) is 43.9 Å². The molecule has 0 aromatic heterocycles. The summed E-state index contributed by atoms with van der Waals surface area (Å²) in [4.78, 5) is 56.5. The molecule has 6 aromatic carbocycles. The average molecular weight is 933 g/mol. The van der Waals surface area contributed by atoms with Crippen molar-refractivity contribution in [1.29, 1.82) is 0 Å². The molecule has 0 radical (unpaired) electrons. The van der Waals surface area contributed by atoms with Crippen molar-refractivity contribution in [2.45, 2.75) is 63.4 Å². The fraction of sp³-hybridized carbons (Fsp3) is 0.240. The summed E-state index contributed by atoms with van der Waals surface area (Å²) in [6.07, 6.45) is 1.20. The number of hydrogen-bond donors (Lipinski definition) is 4. The average Bonchev–Trinajstić information content (AvgIpc) is 3.28. The molecule has 14 nitrogen and oxygen atoms in total. The van der Waals surface area contributed by atoms with Crippen molar-refractivity contribution in [2.24, 2.45) is 0 Å². The van der Waals surface area contributed by atoms with Crippen LogP contribution >= 0.6 is 0 Å². The normalized spacial score (nSPS) is 13.3. The molecule has 0 atom stereocenters. The van der Waals surface area contributed by atoms with Gasteiger partial charge in [-0.25, -0.2) is 0 Å². The molecule has 66 heavy (non-hydrogen) atoms. The largest absolute Gasteiger partial charge is 0.313 e. The van der Waals surface area contributed by atoms with Crippen LogP contribution in [0.4, 0.5) is 0 Å². The Morgan fingerprint density at radius 2 is 0.742 bits per heavy atom. The van der Waals surface area contributed by atoms with Gasteiger partial charge in [0.05, 0.1) is 9.79 Å². The minimum atomic E-state index is -4.02. The number of rotatable bonds is 14. The minimum absolute atomic E-state index is 0.0666. The third-order valence-corrected chi connectivity index (χ3v) is 13.1. The van der Waals surface area contributed by atoms with Crippen molar-refractivity contribution in [2.75, 3.05) is 26.2 Å². The zero-order chi connectivity index (χ0) is 47.8. The molecular formula is C50H52N4O10S2. The molecule has 344 valence electrons. The standard InChI is InChI=1S/C36H36N4O4.2C7H8O3S/c1-23-9-3-5-11-25(23)21-37-17-7-19-39-33(41)27-13-15-29-32-30(16-14-28(31(27)32)34(39)42)36(44)40(35(29)43)20-8-18-38-22-26-12-6-4-10-24(26)2;2*1-6-2-4-7(5-3-6)11(8,9)10/h3-6,9-16,37-38H,7-8,17-22H2,1-2H3;2*2-5H,1H3,(H,8,9,10). The summed E-state index contributed by atoms with van der Waals surface area (Å²) in [5, 5.41) is 7.60. The number of benzene rings is 6. The smallest absolute Gasteiger partial charge is 0.294 e. The van der Waals surface area contributed by atoms with Crippen molar-refractivity contribution in [3.63, 3.8) is 0 Å². The van der Waals surface area contributed by atoms with Crippen molar-refractivity contribution < 1.29 is 45.1 Å². The molecule has 8 rings (SSSR count). The topological polar surface area (TPSA) is 208 Å². The fourth-order valence-electron chi connectivity index (χ4n) is 7.59. The first-order valence-electron chi connectivity index (χ1n) is 21.3. The first-order valence-corrected chi connectivity index (χ1v) is 24.2. The molecule has 4 amide bonds. The van der Waals surface area contributed by atoms with E-state index < -0.39 is 43.9 Å². The van der Waals surface area contributed by atoms with Crippen molar-refractivity contribution in [1.82, 2.24) is 20.4 Å². The SMILES string of the molecule is Cc1ccc(S(=O)(=O)O)cc1.Cc1ccc(S(=O)(=O)O)cc1.Cc1ccccc1CNCCCN1C(=O)c2ccc3c4c(ccc(c24)C1=O)C(=O)N(CCCNCc1ccccc1C)C3=O. The van der Waals surface area contributed by atoms with Gasteiger partial charge in [0, 0.05) is 59.2 Å². The highest BCUT2D eigenvalue weighted by atomic mass is 32.2. The summed E-state index contributed by atoms with van der Waals surface area (Å²) >= 11 is 0. The molecule has 0 fully saturated rings. The summed E-state index contributed by atoms with van der Waals surface area (Å²) < 4.78 is 59.1. The van der Waals surface area contributed by atoms with E-state index in [1.807, 2.05) is 38.1 Å². The van der Waals surface area contributed by atoms with Crippen LogP contribution in [-0.2, 0) is 33.3 Å². The van der Waals surface area contributed by atoms with Gasteiger partial charge >= 0.3 is 0 Å². The molecule has 2 aliphatic rings. The van der Waals surface area contributed by atoms with Crippen LogP contribution in [-0.4, -0.2) is 85.5 Å². The van der Waals surface area contributed by atoms with Gasteiger partial charge in [-0.05, 0) is 124 Å². The van der Waals surface area contributed by atoms with Gasteiger partial charge < -0.3 is 10.6 Å². The Labute approximate surface area is 385 Å². The van der Waals surface area contributed by atoms with Gasteiger partial charge in [0.15, 0.2) is 0 Å². The summed E-state index contributed by atoms with van der Waals surface area (Å²) in [6, 6.07) is 34.8. The predicted octanol–water partition coefficient (Wildman–Crippen LogP) is 7.49. The van der Waals surface area contributed by atoms with E-state index in [4.69, 9.17) is 9.11 Å². The molecule has 2 heterocycles. The molecule has 0 aliphatic carbocycles. The molecule has 0 unspecified atom stereocenters. The Morgan fingerprint density at radius 3 is 1.03 bits per heavy atom. The van der Waals surface area contributed by atoms with Gasteiger partial charge in [-0.3, -0.25) is 38.1 Å². The molecule has 0 bridgehead atoms. The monoisotopic (exact) mass is 932 g/mol. The quantitative estimate of drug-likeness (QED) is 0.0476. The molecule has 6 aromatic rings. The zero-order valence-corrected chi connectivity index (χ0v) is 38.7. The molecule has 0 spiro atoms. The molecule has 0 saturated carbocycles. The third-order valence-electron chi connectivity index (χ3n) is 11.3. The van der Waals surface area contributed by atoms with E-state index in [2.05, 4.69) is 48.7 Å². The molecule has 0 saturated heterocycles. The van der Waals surface area contributed by atoms with E-state index in [1.165, 1.54) is 56.3 Å². The Balaban J connectivity index is 0.000000266. The molecular weight excluding hydrogens is 881 g/mol. The van der Waals surface area contributed by atoms with Crippen LogP contribution in [0, 0.1) is 27.7 Å². The lowest BCUT2D eigenvalue weighted by atomic mass is 9.86. The summed E-state index contributed by atoms with van der Waals surface area (Å²) in [6.45, 7) is 11.1. The molecule has 4 N–H and O–H groups in total. The minimum Gasteiger partial charge on any atom is -0.313 e. The maximum atomic E-state index is 13.5. The van der Waals surface area contributed by atoms with E-state index in [1.54, 1.807) is 48.5 Å². The Hall–Kier alpha value is -6.40. The highest BCUT2D eigenvalue weighted by molar-refractivity contribution is 7.86. The zero-order valence-electron chi connectivity index (χ0n) is 37.1. The van der Waals surface area contributed by atoms with E-state index in [-0.39, 0.29) is 22.9 Å². The maximum absolute atomic E-state index is 13.5. The van der Waals surface area contributed by atoms with Crippen molar-refractivity contribution in [3.05, 3.63) is 177 Å². The predicted molar refractivity (Wildman–Crippen MR) is 252 cm³/mol. The van der Waals surface area contributed by atoms with Crippen molar-refractivity contribution >= 4 is 54.6 Å². The van der Waals surface area contributed by atoms with E-state index >= 15 is 0 Å². The third kappa shape index (κ3) is 11.7.